The monoisotopic (exact) mass is 436 g/mol. The van der Waals surface area contributed by atoms with Gasteiger partial charge in [0.1, 0.15) is 5.82 Å². The third-order valence-electron chi connectivity index (χ3n) is 5.87. The Balaban J connectivity index is 0.00000176. The smallest absolute Gasteiger partial charge is 0.127 e. The fraction of sp³-hybridized carbons (Fsp3) is 0.444. The molecule has 0 aliphatic carbocycles. The Hall–Kier alpha value is -2.79. The Bertz CT molecular complexity index is 904. The van der Waals surface area contributed by atoms with Crippen LogP contribution < -0.4 is 16.0 Å². The number of aliphatic hydroxyl groups is 1. The van der Waals surface area contributed by atoms with Crippen molar-refractivity contribution < 1.29 is 5.11 Å². The number of aryl methyl sites for hydroxylation is 1. The third-order valence-corrected chi connectivity index (χ3v) is 5.87. The molecule has 1 saturated heterocycles. The molecule has 1 aliphatic heterocycles. The molecule has 5 heteroatoms. The van der Waals surface area contributed by atoms with Crippen LogP contribution >= 0.6 is 0 Å². The first kappa shape index (κ1) is 25.5. The molecule has 1 aromatic heterocycles. The molecular formula is C27H40N4O. The van der Waals surface area contributed by atoms with Gasteiger partial charge in [0.05, 0.1) is 6.10 Å². The van der Waals surface area contributed by atoms with Crippen LogP contribution in [0.3, 0.4) is 0 Å². The van der Waals surface area contributed by atoms with Gasteiger partial charge in [0, 0.05) is 47.8 Å². The summed E-state index contributed by atoms with van der Waals surface area (Å²) in [5.74, 6) is 0.715. The number of hydrogen-bond acceptors (Lipinski definition) is 5. The molecule has 4 N–H and O–H groups in total. The number of rotatable bonds is 7. The van der Waals surface area contributed by atoms with Gasteiger partial charge in [0.25, 0.3) is 0 Å². The highest BCUT2D eigenvalue weighted by molar-refractivity contribution is 5.61. The van der Waals surface area contributed by atoms with Crippen LogP contribution in [0.2, 0.25) is 0 Å². The van der Waals surface area contributed by atoms with Crippen molar-refractivity contribution >= 4 is 17.6 Å². The first-order chi connectivity index (χ1) is 15.4. The van der Waals surface area contributed by atoms with Gasteiger partial charge in [-0.25, -0.2) is 4.98 Å². The fourth-order valence-corrected chi connectivity index (χ4v) is 4.18. The van der Waals surface area contributed by atoms with E-state index in [2.05, 4.69) is 59.9 Å². The minimum absolute atomic E-state index is 0.149. The number of nitrogens with two attached hydrogens (primary N) is 1. The van der Waals surface area contributed by atoms with Crippen LogP contribution in [-0.4, -0.2) is 29.3 Å². The summed E-state index contributed by atoms with van der Waals surface area (Å²) in [6.07, 6.45) is 6.03. The number of aliphatic hydroxyl groups excluding tert-OH is 1. The maximum atomic E-state index is 11.0. The molecule has 3 rings (SSSR count). The molecule has 0 bridgehead atoms. The minimum Gasteiger partial charge on any atom is -0.387 e. The molecule has 1 aliphatic rings. The lowest BCUT2D eigenvalue weighted by Crippen LogP contribution is -2.42. The van der Waals surface area contributed by atoms with Gasteiger partial charge in [0.2, 0.25) is 0 Å². The molecule has 174 valence electrons. The first-order valence-electron chi connectivity index (χ1n) is 11.8. The number of nitrogen functional groups attached to an aromatic ring is 1. The van der Waals surface area contributed by atoms with Crippen molar-refractivity contribution in [2.45, 2.75) is 60.0 Å². The van der Waals surface area contributed by atoms with Crippen molar-refractivity contribution in [1.29, 1.82) is 0 Å². The maximum absolute atomic E-state index is 11.0. The number of nitrogens with zero attached hydrogens (tertiary/aromatic N) is 2. The van der Waals surface area contributed by atoms with Crippen LogP contribution in [0.5, 0.6) is 0 Å². The topological polar surface area (TPSA) is 74.4 Å². The maximum Gasteiger partial charge on any atom is 0.127 e. The summed E-state index contributed by atoms with van der Waals surface area (Å²) in [6.45, 7) is 16.1. The summed E-state index contributed by atoms with van der Waals surface area (Å²) in [5, 5.41) is 14.3. The van der Waals surface area contributed by atoms with Gasteiger partial charge < -0.3 is 21.1 Å². The molecule has 32 heavy (non-hydrogen) atoms. The van der Waals surface area contributed by atoms with E-state index in [-0.39, 0.29) is 5.92 Å². The number of nitrogens with one attached hydrogen (secondary N) is 1. The second kappa shape index (κ2) is 12.3. The summed E-state index contributed by atoms with van der Waals surface area (Å²) >= 11 is 0. The van der Waals surface area contributed by atoms with Gasteiger partial charge in [-0.3, -0.25) is 0 Å². The average Bonchev–Trinajstić information content (AvgIpc) is 2.80. The van der Waals surface area contributed by atoms with Gasteiger partial charge in [0.15, 0.2) is 0 Å². The van der Waals surface area contributed by atoms with E-state index in [0.717, 1.165) is 49.2 Å². The zero-order valence-corrected chi connectivity index (χ0v) is 20.4. The van der Waals surface area contributed by atoms with E-state index < -0.39 is 6.10 Å². The lowest BCUT2D eigenvalue weighted by Gasteiger charge is -2.37. The van der Waals surface area contributed by atoms with Crippen molar-refractivity contribution in [2.24, 2.45) is 5.92 Å². The normalized spacial score (nSPS) is 17.2. The molecule has 2 unspecified atom stereocenters. The Morgan fingerprint density at radius 3 is 2.66 bits per heavy atom. The number of hydrogen-bond donors (Lipinski definition) is 3. The highest BCUT2D eigenvalue weighted by Crippen LogP contribution is 2.27. The van der Waals surface area contributed by atoms with E-state index in [1.54, 1.807) is 6.20 Å². The van der Waals surface area contributed by atoms with E-state index in [1.807, 2.05) is 32.9 Å². The lowest BCUT2D eigenvalue weighted by atomic mass is 9.90. The van der Waals surface area contributed by atoms with E-state index in [4.69, 9.17) is 5.73 Å². The first-order valence-corrected chi connectivity index (χ1v) is 11.8. The zero-order valence-electron chi connectivity index (χ0n) is 20.4. The summed E-state index contributed by atoms with van der Waals surface area (Å²) in [6, 6.07) is 10.6. The SMILES string of the molecule is C=C(N/C(C)=C/c1ccnc(N)c1CC)C(O)C1CCCN(c2ccc(C)cc2)C1.CC. The summed E-state index contributed by atoms with van der Waals surface area (Å²) in [4.78, 5) is 6.53. The van der Waals surface area contributed by atoms with E-state index in [9.17, 15) is 5.11 Å². The van der Waals surface area contributed by atoms with Crippen LogP contribution in [0.15, 0.2) is 54.5 Å². The quantitative estimate of drug-likeness (QED) is 0.549. The van der Waals surface area contributed by atoms with Gasteiger partial charge in [-0.1, -0.05) is 45.0 Å². The van der Waals surface area contributed by atoms with Crippen LogP contribution in [-0.2, 0) is 6.42 Å². The fourth-order valence-electron chi connectivity index (χ4n) is 4.18. The largest absolute Gasteiger partial charge is 0.387 e. The van der Waals surface area contributed by atoms with Crippen molar-refractivity contribution in [3.63, 3.8) is 0 Å². The van der Waals surface area contributed by atoms with Crippen molar-refractivity contribution in [1.82, 2.24) is 10.3 Å². The standard InChI is InChI=1S/C25H34N4O.C2H6/c1-5-23-20(12-13-27-25(23)26)15-18(3)28-19(4)24(30)21-7-6-14-29(16-21)22-10-8-17(2)9-11-22;1-2/h8-13,15,21,24,28,30H,4-7,14,16H2,1-3H3,(H2,26,27);1-2H3/b18-15+;. The van der Waals surface area contributed by atoms with Crippen LogP contribution in [0.4, 0.5) is 11.5 Å². The molecule has 0 radical (unpaired) electrons. The molecule has 1 aromatic carbocycles. The van der Waals surface area contributed by atoms with Gasteiger partial charge >= 0.3 is 0 Å². The number of pyridine rings is 1. The Morgan fingerprint density at radius 2 is 2.00 bits per heavy atom. The predicted molar refractivity (Wildman–Crippen MR) is 137 cm³/mol. The molecule has 0 amide bonds. The molecule has 1 fully saturated rings. The number of piperidine rings is 1. The highest BCUT2D eigenvalue weighted by atomic mass is 16.3. The molecule has 2 atom stereocenters. The predicted octanol–water partition coefficient (Wildman–Crippen LogP) is 5.30. The molecule has 2 heterocycles. The Labute approximate surface area is 194 Å². The summed E-state index contributed by atoms with van der Waals surface area (Å²) < 4.78 is 0. The Morgan fingerprint density at radius 1 is 1.31 bits per heavy atom. The van der Waals surface area contributed by atoms with Gasteiger partial charge in [-0.05, 0) is 62.9 Å². The van der Waals surface area contributed by atoms with Gasteiger partial charge in [-0.2, -0.15) is 0 Å². The lowest BCUT2D eigenvalue weighted by molar-refractivity contribution is 0.125. The second-order valence-electron chi connectivity index (χ2n) is 8.22. The number of allylic oxidation sites excluding steroid dienone is 1. The van der Waals surface area contributed by atoms with E-state index in [0.29, 0.717) is 11.5 Å². The molecular weight excluding hydrogens is 396 g/mol. The minimum atomic E-state index is -0.602. The van der Waals surface area contributed by atoms with Crippen molar-refractivity contribution in [2.75, 3.05) is 23.7 Å². The molecule has 0 spiro atoms. The highest BCUT2D eigenvalue weighted by Gasteiger charge is 2.28. The molecule has 0 saturated carbocycles. The molecule has 2 aromatic rings. The van der Waals surface area contributed by atoms with Crippen molar-refractivity contribution in [3.8, 4) is 0 Å². The Kier molecular flexibility index (Phi) is 9.79. The average molecular weight is 437 g/mol. The number of aromatic nitrogens is 1. The molecule has 5 nitrogen and oxygen atoms in total. The zero-order chi connectivity index (χ0) is 23.7. The van der Waals surface area contributed by atoms with E-state index in [1.165, 1.54) is 11.3 Å². The van der Waals surface area contributed by atoms with Crippen LogP contribution in [0, 0.1) is 12.8 Å². The number of anilines is 2. The van der Waals surface area contributed by atoms with Gasteiger partial charge in [-0.15, -0.1) is 0 Å². The van der Waals surface area contributed by atoms with Crippen LogP contribution in [0.25, 0.3) is 6.08 Å². The van der Waals surface area contributed by atoms with Crippen LogP contribution in [0.1, 0.15) is 57.2 Å². The second-order valence-corrected chi connectivity index (χ2v) is 8.22. The summed E-state index contributed by atoms with van der Waals surface area (Å²) in [5.41, 5.74) is 12.1. The van der Waals surface area contributed by atoms with E-state index >= 15 is 0 Å². The number of benzene rings is 1. The summed E-state index contributed by atoms with van der Waals surface area (Å²) in [7, 11) is 0. The third kappa shape index (κ3) is 6.60. The van der Waals surface area contributed by atoms with Crippen molar-refractivity contribution in [3.05, 3.63) is 71.2 Å².